The highest BCUT2D eigenvalue weighted by molar-refractivity contribution is 6.46. The van der Waals surface area contributed by atoms with Crippen molar-refractivity contribution in [2.45, 2.75) is 39.7 Å². The molecule has 0 spiro atoms. The molecule has 2 unspecified atom stereocenters. The molecule has 4 nitrogen and oxygen atoms in total. The summed E-state index contributed by atoms with van der Waals surface area (Å²) in [4.78, 5) is 24.3. The van der Waals surface area contributed by atoms with E-state index in [1.807, 2.05) is 19.1 Å². The summed E-state index contributed by atoms with van der Waals surface area (Å²) < 4.78 is 10.9. The van der Waals surface area contributed by atoms with E-state index in [2.05, 4.69) is 19.9 Å². The van der Waals surface area contributed by atoms with Crippen molar-refractivity contribution in [3.8, 4) is 0 Å². The van der Waals surface area contributed by atoms with Crippen LogP contribution in [0.2, 0.25) is 0 Å². The molecule has 0 saturated carbocycles. The van der Waals surface area contributed by atoms with Gasteiger partial charge in [0.25, 0.3) is 0 Å². The molecule has 26 heavy (non-hydrogen) atoms. The van der Waals surface area contributed by atoms with Crippen LogP contribution < -0.4 is 0 Å². The molecule has 3 rings (SSSR count). The fourth-order valence-electron chi connectivity index (χ4n) is 3.13. The Morgan fingerprint density at radius 2 is 2.08 bits per heavy atom. The van der Waals surface area contributed by atoms with Gasteiger partial charge in [-0.05, 0) is 31.9 Å². The molecular weight excluding hydrogens is 352 g/mol. The second-order valence-electron chi connectivity index (χ2n) is 6.89. The Kier molecular flexibility index (Phi) is 4.80. The number of esters is 1. The first kappa shape index (κ1) is 18.5. The van der Waals surface area contributed by atoms with Crippen LogP contribution in [0.1, 0.15) is 34.1 Å². The van der Waals surface area contributed by atoms with E-state index >= 15 is 0 Å². The van der Waals surface area contributed by atoms with Crippen LogP contribution >= 0.6 is 11.6 Å². The quantitative estimate of drug-likeness (QED) is 0.532. The van der Waals surface area contributed by atoms with Crippen molar-refractivity contribution < 1.29 is 19.1 Å². The Morgan fingerprint density at radius 1 is 1.35 bits per heavy atom. The van der Waals surface area contributed by atoms with Gasteiger partial charge in [-0.2, -0.15) is 0 Å². The van der Waals surface area contributed by atoms with Gasteiger partial charge in [0.05, 0.1) is 11.3 Å². The largest absolute Gasteiger partial charge is 0.464 e. The van der Waals surface area contributed by atoms with Crippen LogP contribution in [0.25, 0.3) is 0 Å². The Morgan fingerprint density at radius 3 is 2.77 bits per heavy atom. The van der Waals surface area contributed by atoms with Crippen LogP contribution in [0.3, 0.4) is 0 Å². The molecule has 2 aliphatic heterocycles. The van der Waals surface area contributed by atoms with Gasteiger partial charge in [-0.1, -0.05) is 49.6 Å². The van der Waals surface area contributed by atoms with Gasteiger partial charge in [0.2, 0.25) is 5.78 Å². The van der Waals surface area contributed by atoms with Gasteiger partial charge in [-0.15, -0.1) is 0 Å². The maximum Gasteiger partial charge on any atom is 0.332 e. The molecule has 5 heteroatoms. The molecule has 0 fully saturated rings. The highest BCUT2D eigenvalue weighted by Gasteiger charge is 2.52. The first-order chi connectivity index (χ1) is 12.3. The zero-order valence-electron chi connectivity index (χ0n) is 15.3. The molecule has 0 aromatic carbocycles. The van der Waals surface area contributed by atoms with Crippen molar-refractivity contribution in [3.05, 3.63) is 69.7 Å². The van der Waals surface area contributed by atoms with Gasteiger partial charge in [0, 0.05) is 22.8 Å². The summed E-state index contributed by atoms with van der Waals surface area (Å²) >= 11 is 6.30. The number of carbonyl (C=O) groups excluding carboxylic acids is 2. The molecule has 0 bridgehead atoms. The molecule has 3 aliphatic rings. The van der Waals surface area contributed by atoms with Crippen LogP contribution in [0.4, 0.5) is 0 Å². The Labute approximate surface area is 158 Å². The predicted molar refractivity (Wildman–Crippen MR) is 100 cm³/mol. The van der Waals surface area contributed by atoms with Crippen LogP contribution in [-0.4, -0.2) is 17.4 Å². The molecule has 1 aliphatic carbocycles. The summed E-state index contributed by atoms with van der Waals surface area (Å²) in [6.07, 6.45) is 11.6. The minimum absolute atomic E-state index is 0.0478. The normalized spacial score (nSPS) is 26.7. The van der Waals surface area contributed by atoms with Gasteiger partial charge >= 0.3 is 5.97 Å². The highest BCUT2D eigenvalue weighted by Crippen LogP contribution is 2.46. The SMILES string of the molecule is CCC(C)/C=C(C)/C=C/C1=CC2=C(Cl)C(=O)C3(C)OC(=O)C=C3C2=CO1. The minimum atomic E-state index is -1.37. The number of ether oxygens (including phenoxy) is 2. The zero-order chi connectivity index (χ0) is 19.1. The number of hydrogen-bond donors (Lipinski definition) is 0. The van der Waals surface area contributed by atoms with Gasteiger partial charge in [-0.25, -0.2) is 4.79 Å². The summed E-state index contributed by atoms with van der Waals surface area (Å²) in [7, 11) is 0. The molecule has 0 aromatic heterocycles. The molecule has 2 atom stereocenters. The second kappa shape index (κ2) is 6.76. The fourth-order valence-corrected chi connectivity index (χ4v) is 3.47. The third-order valence-electron chi connectivity index (χ3n) is 4.83. The van der Waals surface area contributed by atoms with E-state index < -0.39 is 17.4 Å². The number of Topliss-reactive ketones (excluding diaryl/α,β-unsaturated/α-hetero) is 1. The maximum absolute atomic E-state index is 12.6. The van der Waals surface area contributed by atoms with Crippen LogP contribution in [0, 0.1) is 5.92 Å². The lowest BCUT2D eigenvalue weighted by molar-refractivity contribution is -0.152. The highest BCUT2D eigenvalue weighted by atomic mass is 35.5. The first-order valence-electron chi connectivity index (χ1n) is 8.61. The van der Waals surface area contributed by atoms with Crippen LogP contribution in [0.15, 0.2) is 69.7 Å². The van der Waals surface area contributed by atoms with Crippen LogP contribution in [0.5, 0.6) is 0 Å². The van der Waals surface area contributed by atoms with E-state index in [4.69, 9.17) is 21.1 Å². The van der Waals surface area contributed by atoms with Crippen molar-refractivity contribution in [1.29, 1.82) is 0 Å². The van der Waals surface area contributed by atoms with Gasteiger partial charge in [0.15, 0.2) is 5.60 Å². The fraction of sp³-hybridized carbons (Fsp3) is 0.333. The maximum atomic E-state index is 12.6. The van der Waals surface area contributed by atoms with E-state index in [0.717, 1.165) is 12.0 Å². The lowest BCUT2D eigenvalue weighted by atomic mass is 9.77. The number of carbonyl (C=O) groups is 2. The van der Waals surface area contributed by atoms with E-state index in [-0.39, 0.29) is 5.03 Å². The molecule has 2 heterocycles. The van der Waals surface area contributed by atoms with Crippen molar-refractivity contribution in [2.24, 2.45) is 5.92 Å². The summed E-state index contributed by atoms with van der Waals surface area (Å²) in [5.74, 6) is 0.103. The lowest BCUT2D eigenvalue weighted by Gasteiger charge is -2.32. The standard InChI is InChI=1S/C21H21ClO4/c1-5-12(2)8-13(3)6-7-14-9-15-16(11-25-14)17-10-18(23)26-21(17,4)20(24)19(15)22/h6-12H,5H2,1-4H3/b7-6+,13-8+. The molecule has 0 aromatic rings. The number of allylic oxidation sites excluding steroid dienone is 6. The Hall–Kier alpha value is -2.33. The number of fused-ring (bicyclic) bond motifs is 3. The minimum Gasteiger partial charge on any atom is -0.464 e. The van der Waals surface area contributed by atoms with E-state index in [1.165, 1.54) is 12.3 Å². The average molecular weight is 373 g/mol. The summed E-state index contributed by atoms with van der Waals surface area (Å²) in [6.45, 7) is 7.89. The monoisotopic (exact) mass is 372 g/mol. The van der Waals surface area contributed by atoms with E-state index in [1.54, 1.807) is 13.0 Å². The number of rotatable bonds is 4. The van der Waals surface area contributed by atoms with Gasteiger partial charge in [-0.3, -0.25) is 4.79 Å². The van der Waals surface area contributed by atoms with Crippen molar-refractivity contribution in [3.63, 3.8) is 0 Å². The van der Waals surface area contributed by atoms with Crippen molar-refractivity contribution >= 4 is 23.4 Å². The first-order valence-corrected chi connectivity index (χ1v) is 8.99. The topological polar surface area (TPSA) is 52.6 Å². The predicted octanol–water partition coefficient (Wildman–Crippen LogP) is 4.65. The van der Waals surface area contributed by atoms with Crippen LogP contribution in [-0.2, 0) is 19.1 Å². The molecule has 0 saturated heterocycles. The second-order valence-corrected chi connectivity index (χ2v) is 7.27. The third-order valence-corrected chi connectivity index (χ3v) is 5.21. The van der Waals surface area contributed by atoms with Crippen molar-refractivity contribution in [2.75, 3.05) is 0 Å². The molecular formula is C21H21ClO4. The molecule has 0 amide bonds. The molecule has 0 N–H and O–H groups in total. The number of hydrogen-bond acceptors (Lipinski definition) is 4. The molecule has 0 radical (unpaired) electrons. The van der Waals surface area contributed by atoms with Crippen molar-refractivity contribution in [1.82, 2.24) is 0 Å². The number of halogens is 1. The summed E-state index contributed by atoms with van der Waals surface area (Å²) in [5, 5.41) is 0.0478. The number of ketones is 1. The summed E-state index contributed by atoms with van der Waals surface area (Å²) in [5.41, 5.74) is 1.39. The third kappa shape index (κ3) is 3.10. The molecule has 136 valence electrons. The van der Waals surface area contributed by atoms with E-state index in [9.17, 15) is 9.59 Å². The Bertz CT molecular complexity index is 866. The lowest BCUT2D eigenvalue weighted by Crippen LogP contribution is -2.42. The van der Waals surface area contributed by atoms with Gasteiger partial charge < -0.3 is 9.47 Å². The van der Waals surface area contributed by atoms with E-state index in [0.29, 0.717) is 28.4 Å². The Balaban J connectivity index is 1.93. The average Bonchev–Trinajstić information content (AvgIpc) is 2.93. The smallest absolute Gasteiger partial charge is 0.332 e. The zero-order valence-corrected chi connectivity index (χ0v) is 16.0. The summed E-state index contributed by atoms with van der Waals surface area (Å²) in [6, 6.07) is 0. The van der Waals surface area contributed by atoms with Gasteiger partial charge in [0.1, 0.15) is 5.76 Å².